The van der Waals surface area contributed by atoms with E-state index in [1.165, 1.54) is 0 Å². The van der Waals surface area contributed by atoms with Gasteiger partial charge >= 0.3 is 0 Å². The van der Waals surface area contributed by atoms with E-state index >= 15 is 0 Å². The van der Waals surface area contributed by atoms with Crippen molar-refractivity contribution in [3.63, 3.8) is 0 Å². The second-order valence-corrected chi connectivity index (χ2v) is 9.98. The highest BCUT2D eigenvalue weighted by atomic mass is 35.5. The molecule has 10 nitrogen and oxygen atoms in total. The molecular weight excluding hydrogens is 480 g/mol. The second kappa shape index (κ2) is 9.87. The van der Waals surface area contributed by atoms with E-state index in [0.29, 0.717) is 29.1 Å². The molecule has 5 rings (SSSR count). The predicted molar refractivity (Wildman–Crippen MR) is 142 cm³/mol. The first-order valence-corrected chi connectivity index (χ1v) is 11.6. The van der Waals surface area contributed by atoms with Gasteiger partial charge in [-0.3, -0.25) is 4.68 Å². The van der Waals surface area contributed by atoms with Crippen LogP contribution in [0.3, 0.4) is 0 Å². The molecule has 0 aliphatic carbocycles. The molecule has 3 aromatic heterocycles. The van der Waals surface area contributed by atoms with Crippen LogP contribution in [0.4, 0.5) is 5.95 Å². The number of aromatic nitrogens is 6. The summed E-state index contributed by atoms with van der Waals surface area (Å²) < 4.78 is 7.26. The Kier molecular flexibility index (Phi) is 7.01. The van der Waals surface area contributed by atoms with E-state index in [2.05, 4.69) is 56.3 Å². The van der Waals surface area contributed by atoms with Crippen LogP contribution < -0.4 is 15.0 Å². The first-order chi connectivity index (χ1) is 16.7. The number of halogens is 1. The smallest absolute Gasteiger partial charge is 0.245 e. The molecule has 0 saturated carbocycles. The molecule has 36 heavy (non-hydrogen) atoms. The zero-order valence-electron chi connectivity index (χ0n) is 21.1. The highest BCUT2D eigenvalue weighted by molar-refractivity contribution is 5.90. The summed E-state index contributed by atoms with van der Waals surface area (Å²) in [6.45, 7) is 8.21. The van der Waals surface area contributed by atoms with E-state index in [9.17, 15) is 5.11 Å². The lowest BCUT2D eigenvalue weighted by molar-refractivity contribution is 0.373. The van der Waals surface area contributed by atoms with Gasteiger partial charge in [-0.15, -0.1) is 22.6 Å². The normalized spacial score (nSPS) is 15.8. The Hall–Kier alpha value is -3.50. The lowest BCUT2D eigenvalue weighted by Crippen LogP contribution is -2.45. The Bertz CT molecular complexity index is 1370. The number of ether oxygens (including phenoxy) is 1. The number of anilines is 1. The average molecular weight is 511 g/mol. The molecule has 0 spiro atoms. The maximum absolute atomic E-state index is 10.7. The fraction of sp³-hybridized carbons (Fsp3) is 0.400. The molecule has 1 aromatic carbocycles. The maximum Gasteiger partial charge on any atom is 0.245 e. The Morgan fingerprint density at radius 2 is 1.89 bits per heavy atom. The zero-order chi connectivity index (χ0) is 24.7. The number of methoxy groups -OCH3 is 1. The van der Waals surface area contributed by atoms with E-state index in [1.54, 1.807) is 30.3 Å². The Morgan fingerprint density at radius 1 is 1.08 bits per heavy atom. The van der Waals surface area contributed by atoms with E-state index in [1.807, 2.05) is 25.4 Å². The molecule has 190 valence electrons. The number of benzene rings is 1. The summed E-state index contributed by atoms with van der Waals surface area (Å²) in [5, 5.41) is 28.4. The molecule has 4 heterocycles. The summed E-state index contributed by atoms with van der Waals surface area (Å²) >= 11 is 0. The fourth-order valence-corrected chi connectivity index (χ4v) is 4.55. The number of nitrogens with zero attached hydrogens (tertiary/aromatic N) is 7. The van der Waals surface area contributed by atoms with Crippen molar-refractivity contribution >= 4 is 29.3 Å². The number of pyridine rings is 1. The molecule has 1 aliphatic heterocycles. The number of aromatic hydroxyl groups is 1. The third-order valence-corrected chi connectivity index (χ3v) is 6.01. The van der Waals surface area contributed by atoms with E-state index in [0.717, 1.165) is 41.5 Å². The van der Waals surface area contributed by atoms with Crippen molar-refractivity contribution in [1.82, 2.24) is 35.3 Å². The quantitative estimate of drug-likeness (QED) is 0.415. The Morgan fingerprint density at radius 3 is 2.56 bits per heavy atom. The van der Waals surface area contributed by atoms with Crippen molar-refractivity contribution in [3.8, 4) is 34.0 Å². The summed E-state index contributed by atoms with van der Waals surface area (Å²) in [6.07, 6.45) is 6.26. The van der Waals surface area contributed by atoms with Crippen LogP contribution in [0.5, 0.6) is 11.5 Å². The number of fused-ring (bicyclic) bond motifs is 1. The van der Waals surface area contributed by atoms with Crippen molar-refractivity contribution in [2.45, 2.75) is 38.8 Å². The first-order valence-electron chi connectivity index (χ1n) is 11.6. The summed E-state index contributed by atoms with van der Waals surface area (Å²) in [7, 11) is 3.48. The van der Waals surface area contributed by atoms with Crippen LogP contribution in [0.25, 0.3) is 33.4 Å². The summed E-state index contributed by atoms with van der Waals surface area (Å²) in [5.74, 6) is 1.25. The largest absolute Gasteiger partial charge is 0.506 e. The molecule has 1 saturated heterocycles. The van der Waals surface area contributed by atoms with Crippen LogP contribution in [-0.4, -0.2) is 66.8 Å². The van der Waals surface area contributed by atoms with Gasteiger partial charge in [-0.05, 0) is 51.0 Å². The zero-order valence-corrected chi connectivity index (χ0v) is 21.9. The first kappa shape index (κ1) is 25.6. The van der Waals surface area contributed by atoms with Crippen molar-refractivity contribution in [3.05, 3.63) is 36.8 Å². The van der Waals surface area contributed by atoms with Crippen molar-refractivity contribution in [2.75, 3.05) is 25.1 Å². The lowest BCUT2D eigenvalue weighted by Gasteiger charge is -2.25. The third-order valence-electron chi connectivity index (χ3n) is 6.01. The predicted octanol–water partition coefficient (Wildman–Crippen LogP) is 3.59. The maximum atomic E-state index is 10.7. The van der Waals surface area contributed by atoms with Gasteiger partial charge in [0.15, 0.2) is 0 Å². The van der Waals surface area contributed by atoms with Crippen LogP contribution in [-0.2, 0) is 7.05 Å². The van der Waals surface area contributed by atoms with Gasteiger partial charge in [0.05, 0.1) is 13.3 Å². The van der Waals surface area contributed by atoms with E-state index < -0.39 is 0 Å². The van der Waals surface area contributed by atoms with Gasteiger partial charge in [0.1, 0.15) is 28.4 Å². The SMILES string of the molecule is COc1cc(-c2cnc(-c3cnc(N4CC[C@@H](NC(C)(C)C)C4)nn3)c(O)c2)cc2cn(C)nc12.Cl. The number of hydrogen-bond acceptors (Lipinski definition) is 9. The van der Waals surface area contributed by atoms with Gasteiger partial charge in [0.2, 0.25) is 5.95 Å². The molecule has 0 bridgehead atoms. The van der Waals surface area contributed by atoms with Crippen LogP contribution in [0, 0.1) is 0 Å². The Balaban J connectivity index is 0.00000304. The monoisotopic (exact) mass is 510 g/mol. The number of nitrogens with one attached hydrogen (secondary N) is 1. The summed E-state index contributed by atoms with van der Waals surface area (Å²) in [6, 6.07) is 5.94. The Labute approximate surface area is 216 Å². The van der Waals surface area contributed by atoms with Crippen molar-refractivity contribution in [1.29, 1.82) is 0 Å². The van der Waals surface area contributed by atoms with Crippen molar-refractivity contribution < 1.29 is 9.84 Å². The standard InChI is InChI=1S/C25H30N8O2.ClH/c1-25(2,3)28-18-6-7-33(14-18)24-27-12-19(29-30-24)23-20(34)9-16(11-26-23)15-8-17-13-32(4)31-22(17)21(10-15)35-5;/h8-13,18,28,34H,6-7,14H2,1-5H3;1H/t18-;/m1./s1. The van der Waals surface area contributed by atoms with Gasteiger partial charge in [-0.2, -0.15) is 5.10 Å². The number of aryl methyl sites for hydroxylation is 1. The van der Waals surface area contributed by atoms with Gasteiger partial charge in [-0.1, -0.05) is 0 Å². The molecule has 0 amide bonds. The van der Waals surface area contributed by atoms with Crippen LogP contribution in [0.15, 0.2) is 36.8 Å². The van der Waals surface area contributed by atoms with Gasteiger partial charge < -0.3 is 20.1 Å². The molecule has 0 unspecified atom stereocenters. The minimum atomic E-state index is 0. The third kappa shape index (κ3) is 5.19. The van der Waals surface area contributed by atoms with Gasteiger partial charge in [0.25, 0.3) is 0 Å². The highest BCUT2D eigenvalue weighted by Gasteiger charge is 2.27. The van der Waals surface area contributed by atoms with E-state index in [4.69, 9.17) is 4.74 Å². The molecule has 0 radical (unpaired) electrons. The molecule has 11 heteroatoms. The van der Waals surface area contributed by atoms with Gasteiger partial charge in [-0.25, -0.2) is 9.97 Å². The van der Waals surface area contributed by atoms with Crippen LogP contribution in [0.1, 0.15) is 27.2 Å². The fourth-order valence-electron chi connectivity index (χ4n) is 4.55. The molecule has 1 atom stereocenters. The minimum Gasteiger partial charge on any atom is -0.506 e. The van der Waals surface area contributed by atoms with Crippen LogP contribution >= 0.6 is 12.4 Å². The average Bonchev–Trinajstić information content (AvgIpc) is 3.42. The second-order valence-electron chi connectivity index (χ2n) is 9.98. The molecule has 2 N–H and O–H groups in total. The minimum absolute atomic E-state index is 0. The number of hydrogen-bond donors (Lipinski definition) is 2. The van der Waals surface area contributed by atoms with E-state index in [-0.39, 0.29) is 23.7 Å². The molecule has 4 aromatic rings. The number of rotatable bonds is 5. The molecule has 1 aliphatic rings. The summed E-state index contributed by atoms with van der Waals surface area (Å²) in [5.41, 5.74) is 3.22. The van der Waals surface area contributed by atoms with Crippen molar-refractivity contribution in [2.24, 2.45) is 7.05 Å². The van der Waals surface area contributed by atoms with Crippen LogP contribution in [0.2, 0.25) is 0 Å². The summed E-state index contributed by atoms with van der Waals surface area (Å²) in [4.78, 5) is 11.1. The highest BCUT2D eigenvalue weighted by Crippen LogP contribution is 2.34. The topological polar surface area (TPSA) is 114 Å². The molecular formula is C25H31ClN8O2. The molecule has 1 fully saturated rings. The lowest BCUT2D eigenvalue weighted by atomic mass is 10.0. The van der Waals surface area contributed by atoms with Gasteiger partial charge in [0, 0.05) is 55.1 Å².